The van der Waals surface area contributed by atoms with Crippen molar-refractivity contribution in [3.05, 3.63) is 17.8 Å². The van der Waals surface area contributed by atoms with Gasteiger partial charge in [-0.3, -0.25) is 0 Å². The van der Waals surface area contributed by atoms with E-state index in [1.54, 1.807) is 7.11 Å². The molecule has 6 nitrogen and oxygen atoms in total. The van der Waals surface area contributed by atoms with Crippen molar-refractivity contribution in [3.63, 3.8) is 0 Å². The number of hydrogen-bond acceptors (Lipinski definition) is 5. The van der Waals surface area contributed by atoms with Crippen molar-refractivity contribution < 1.29 is 14.6 Å². The zero-order valence-electron chi connectivity index (χ0n) is 11.7. The number of nitrogens with zero attached hydrogens (tertiary/aromatic N) is 3. The molecule has 0 unspecified atom stereocenters. The molecule has 1 heterocycles. The highest BCUT2D eigenvalue weighted by Gasteiger charge is 2.22. The lowest BCUT2D eigenvalue weighted by Crippen LogP contribution is -2.38. The average Bonchev–Trinajstić information content (AvgIpc) is 2.43. The van der Waals surface area contributed by atoms with E-state index in [1.807, 2.05) is 4.90 Å². The quantitative estimate of drug-likeness (QED) is 0.774. The zero-order chi connectivity index (χ0) is 14.3. The van der Waals surface area contributed by atoms with Crippen molar-refractivity contribution in [3.8, 4) is 0 Å². The smallest absolute Gasteiger partial charge is 0.339 e. The maximum absolute atomic E-state index is 11.3. The molecule has 106 valence electrons. The molecule has 1 rings (SSSR count). The molecule has 0 aliphatic rings. The van der Waals surface area contributed by atoms with E-state index in [1.165, 1.54) is 12.3 Å². The van der Waals surface area contributed by atoms with Gasteiger partial charge in [0.15, 0.2) is 5.82 Å². The topological polar surface area (TPSA) is 75.5 Å². The number of carbonyl (C=O) groups is 1. The molecule has 6 heteroatoms. The fourth-order valence-corrected chi connectivity index (χ4v) is 2.08. The van der Waals surface area contributed by atoms with E-state index in [4.69, 9.17) is 4.74 Å². The highest BCUT2D eigenvalue weighted by atomic mass is 16.5. The van der Waals surface area contributed by atoms with Gasteiger partial charge in [0, 0.05) is 19.7 Å². The fraction of sp³-hybridized carbons (Fsp3) is 0.615. The third kappa shape index (κ3) is 3.89. The van der Waals surface area contributed by atoms with Gasteiger partial charge in [0.05, 0.1) is 12.8 Å². The summed E-state index contributed by atoms with van der Waals surface area (Å²) in [6.45, 7) is 5.27. The first-order chi connectivity index (χ1) is 9.15. The molecule has 0 spiro atoms. The molecule has 0 fully saturated rings. The van der Waals surface area contributed by atoms with Gasteiger partial charge in [0.25, 0.3) is 0 Å². The van der Waals surface area contributed by atoms with E-state index >= 15 is 0 Å². The first-order valence-electron chi connectivity index (χ1n) is 6.46. The third-order valence-corrected chi connectivity index (χ3v) is 3.12. The van der Waals surface area contributed by atoms with Crippen molar-refractivity contribution in [1.82, 2.24) is 10.2 Å². The minimum Gasteiger partial charge on any atom is -0.478 e. The minimum absolute atomic E-state index is 0.179. The SMILES string of the molecule is CCC(CC)N(CCOC)c1nnccc1C(=O)O. The molecule has 0 saturated carbocycles. The van der Waals surface area contributed by atoms with Crippen molar-refractivity contribution in [2.75, 3.05) is 25.2 Å². The third-order valence-electron chi connectivity index (χ3n) is 3.12. The van der Waals surface area contributed by atoms with Crippen LogP contribution in [0.2, 0.25) is 0 Å². The number of carboxylic acids is 1. The lowest BCUT2D eigenvalue weighted by Gasteiger charge is -2.31. The summed E-state index contributed by atoms with van der Waals surface area (Å²) in [6, 6.07) is 1.71. The molecule has 1 aromatic heterocycles. The molecule has 0 aliphatic carbocycles. The summed E-state index contributed by atoms with van der Waals surface area (Å²) in [6.07, 6.45) is 3.22. The lowest BCUT2D eigenvalue weighted by atomic mass is 10.1. The molecule has 0 atom stereocenters. The van der Waals surface area contributed by atoms with Crippen LogP contribution in [0.25, 0.3) is 0 Å². The minimum atomic E-state index is -0.988. The number of rotatable bonds is 8. The van der Waals surface area contributed by atoms with E-state index < -0.39 is 5.97 Å². The second kappa shape index (κ2) is 7.68. The molecule has 0 saturated heterocycles. The van der Waals surface area contributed by atoms with Crippen LogP contribution in [0.1, 0.15) is 37.0 Å². The van der Waals surface area contributed by atoms with Crippen molar-refractivity contribution in [2.24, 2.45) is 0 Å². The van der Waals surface area contributed by atoms with Crippen LogP contribution in [0.3, 0.4) is 0 Å². The van der Waals surface area contributed by atoms with Crippen LogP contribution in [-0.2, 0) is 4.74 Å². The van der Waals surface area contributed by atoms with Crippen LogP contribution in [0.15, 0.2) is 12.3 Å². The predicted octanol–water partition coefficient (Wildman–Crippen LogP) is 1.82. The maximum Gasteiger partial charge on any atom is 0.339 e. The number of carboxylic acid groups (broad SMARTS) is 1. The molecule has 0 aromatic carbocycles. The van der Waals surface area contributed by atoms with Gasteiger partial charge >= 0.3 is 5.97 Å². The molecule has 0 radical (unpaired) electrons. The molecular formula is C13H21N3O3. The molecule has 0 bridgehead atoms. The average molecular weight is 267 g/mol. The van der Waals surface area contributed by atoms with Crippen LogP contribution in [0, 0.1) is 0 Å². The van der Waals surface area contributed by atoms with Gasteiger partial charge in [0.2, 0.25) is 0 Å². The second-order valence-corrected chi connectivity index (χ2v) is 4.23. The summed E-state index contributed by atoms with van der Waals surface area (Å²) in [5, 5.41) is 17.1. The van der Waals surface area contributed by atoms with E-state index in [2.05, 4.69) is 24.0 Å². The Kier molecular flexibility index (Phi) is 6.21. The van der Waals surface area contributed by atoms with Crippen LogP contribution < -0.4 is 4.90 Å². The Bertz CT molecular complexity index is 408. The first-order valence-corrected chi connectivity index (χ1v) is 6.46. The van der Waals surface area contributed by atoms with Gasteiger partial charge in [-0.2, -0.15) is 5.10 Å². The number of methoxy groups -OCH3 is 1. The van der Waals surface area contributed by atoms with Gasteiger partial charge in [0.1, 0.15) is 5.56 Å². The Morgan fingerprint density at radius 2 is 2.16 bits per heavy atom. The lowest BCUT2D eigenvalue weighted by molar-refractivity contribution is 0.0696. The second-order valence-electron chi connectivity index (χ2n) is 4.23. The summed E-state index contributed by atoms with van der Waals surface area (Å²) in [4.78, 5) is 13.2. The standard InChI is InChI=1S/C13H21N3O3/c1-4-10(5-2)16(8-9-19-3)12-11(13(17)18)6-7-14-15-12/h6-7,10H,4-5,8-9H2,1-3H3,(H,17,18). The number of hydrogen-bond donors (Lipinski definition) is 1. The Morgan fingerprint density at radius 1 is 1.47 bits per heavy atom. The Labute approximate surface area is 113 Å². The van der Waals surface area contributed by atoms with Crippen LogP contribution in [0.5, 0.6) is 0 Å². The summed E-state index contributed by atoms with van der Waals surface area (Å²) in [7, 11) is 1.62. The number of aromatic nitrogens is 2. The van der Waals surface area contributed by atoms with E-state index in [9.17, 15) is 9.90 Å². The largest absolute Gasteiger partial charge is 0.478 e. The predicted molar refractivity (Wildman–Crippen MR) is 72.6 cm³/mol. The summed E-state index contributed by atoms with van der Waals surface area (Å²) in [5.74, 6) is -0.570. The van der Waals surface area contributed by atoms with Crippen molar-refractivity contribution in [2.45, 2.75) is 32.7 Å². The Hall–Kier alpha value is -1.69. The monoisotopic (exact) mass is 267 g/mol. The Morgan fingerprint density at radius 3 is 2.68 bits per heavy atom. The molecule has 0 aliphatic heterocycles. The normalized spacial score (nSPS) is 10.7. The Balaban J connectivity index is 3.12. The number of ether oxygens (including phenoxy) is 1. The molecule has 19 heavy (non-hydrogen) atoms. The maximum atomic E-state index is 11.3. The molecular weight excluding hydrogens is 246 g/mol. The highest BCUT2D eigenvalue weighted by molar-refractivity contribution is 5.93. The van der Waals surface area contributed by atoms with Gasteiger partial charge in [-0.15, -0.1) is 5.10 Å². The summed E-state index contributed by atoms with van der Waals surface area (Å²) in [5.41, 5.74) is 0.179. The van der Waals surface area contributed by atoms with Gasteiger partial charge in [-0.25, -0.2) is 4.79 Å². The fourth-order valence-electron chi connectivity index (χ4n) is 2.08. The molecule has 1 aromatic rings. The summed E-state index contributed by atoms with van der Waals surface area (Å²) < 4.78 is 5.10. The van der Waals surface area contributed by atoms with E-state index in [0.29, 0.717) is 19.0 Å². The van der Waals surface area contributed by atoms with Gasteiger partial charge in [-0.05, 0) is 18.9 Å². The van der Waals surface area contributed by atoms with Gasteiger partial charge in [-0.1, -0.05) is 13.8 Å². The van der Waals surface area contributed by atoms with E-state index in [0.717, 1.165) is 12.8 Å². The zero-order valence-corrected chi connectivity index (χ0v) is 11.7. The molecule has 1 N–H and O–H groups in total. The number of aromatic carboxylic acids is 1. The van der Waals surface area contributed by atoms with Crippen LogP contribution in [0.4, 0.5) is 5.82 Å². The first kappa shape index (κ1) is 15.4. The summed E-state index contributed by atoms with van der Waals surface area (Å²) >= 11 is 0. The van der Waals surface area contributed by atoms with Crippen LogP contribution in [-0.4, -0.2) is 47.6 Å². The van der Waals surface area contributed by atoms with Crippen LogP contribution >= 0.6 is 0 Å². The van der Waals surface area contributed by atoms with Gasteiger partial charge < -0.3 is 14.7 Å². The van der Waals surface area contributed by atoms with E-state index in [-0.39, 0.29) is 11.6 Å². The molecule has 0 amide bonds. The van der Waals surface area contributed by atoms with Crippen molar-refractivity contribution in [1.29, 1.82) is 0 Å². The number of anilines is 1. The highest BCUT2D eigenvalue weighted by Crippen LogP contribution is 2.21. The van der Waals surface area contributed by atoms with Crippen molar-refractivity contribution >= 4 is 11.8 Å².